The average molecular weight is 297 g/mol. The van der Waals surface area contributed by atoms with Crippen LogP contribution in [0.4, 0.5) is 0 Å². The molecule has 0 bridgehead atoms. The Kier molecular flexibility index (Phi) is 2.78. The van der Waals surface area contributed by atoms with E-state index < -0.39 is 15.4 Å². The number of rotatable bonds is 1. The number of fused-ring (bicyclic) bond motifs is 2. The van der Waals surface area contributed by atoms with Gasteiger partial charge in [0.15, 0.2) is 0 Å². The van der Waals surface area contributed by atoms with Crippen LogP contribution in [-0.2, 0) is 10.1 Å². The zero-order valence-electron chi connectivity index (χ0n) is 9.58. The van der Waals surface area contributed by atoms with Crippen LogP contribution in [0.5, 0.6) is 11.5 Å². The summed E-state index contributed by atoms with van der Waals surface area (Å²) in [5, 5.41) is -0.976. The van der Waals surface area contributed by atoms with E-state index in [2.05, 4.69) is 0 Å². The van der Waals surface area contributed by atoms with E-state index in [1.165, 1.54) is 0 Å². The summed E-state index contributed by atoms with van der Waals surface area (Å²) >= 11 is 6.05. The largest absolute Gasteiger partial charge is 0.457 e. The van der Waals surface area contributed by atoms with Gasteiger partial charge in [0, 0.05) is 16.1 Å². The Hall–Kier alpha value is -1.56. The van der Waals surface area contributed by atoms with Crippen LogP contribution in [0.3, 0.4) is 0 Å². The third-order valence-corrected chi connectivity index (χ3v) is 4.41. The Bertz CT molecular complexity index is 755. The first kappa shape index (κ1) is 12.5. The fraction of sp³-hybridized carbons (Fsp3) is 0.0769. The first-order valence-electron chi connectivity index (χ1n) is 5.50. The summed E-state index contributed by atoms with van der Waals surface area (Å²) in [6.07, 6.45) is 0. The van der Waals surface area contributed by atoms with Gasteiger partial charge < -0.3 is 4.74 Å². The van der Waals surface area contributed by atoms with Crippen molar-refractivity contribution in [1.29, 1.82) is 0 Å². The lowest BCUT2D eigenvalue weighted by molar-refractivity contribution is 0.438. The molecular weight excluding hydrogens is 288 g/mol. The molecule has 0 amide bonds. The minimum atomic E-state index is -4.34. The fourth-order valence-corrected chi connectivity index (χ4v) is 3.63. The molecule has 1 N–H and O–H groups in total. The molecule has 19 heavy (non-hydrogen) atoms. The van der Waals surface area contributed by atoms with E-state index in [4.69, 9.17) is 16.3 Å². The van der Waals surface area contributed by atoms with Gasteiger partial charge in [0.05, 0.1) is 0 Å². The van der Waals surface area contributed by atoms with E-state index in [-0.39, 0.29) is 10.6 Å². The van der Waals surface area contributed by atoms with Crippen molar-refractivity contribution in [3.05, 3.63) is 58.6 Å². The predicted molar refractivity (Wildman–Crippen MR) is 71.4 cm³/mol. The third-order valence-electron chi connectivity index (χ3n) is 2.99. The average Bonchev–Trinajstić information content (AvgIpc) is 2.35. The topological polar surface area (TPSA) is 63.6 Å². The van der Waals surface area contributed by atoms with E-state index in [1.807, 2.05) is 0 Å². The van der Waals surface area contributed by atoms with Crippen molar-refractivity contribution in [3.63, 3.8) is 0 Å². The van der Waals surface area contributed by atoms with Crippen molar-refractivity contribution in [2.24, 2.45) is 0 Å². The summed E-state index contributed by atoms with van der Waals surface area (Å²) in [4.78, 5) is 0. The third kappa shape index (κ3) is 2.00. The molecule has 0 radical (unpaired) electrons. The monoisotopic (exact) mass is 296 g/mol. The summed E-state index contributed by atoms with van der Waals surface area (Å²) in [6, 6.07) is 11.5. The normalized spacial score (nSPS) is 17.3. The van der Waals surface area contributed by atoms with E-state index in [9.17, 15) is 13.0 Å². The molecule has 1 unspecified atom stereocenters. The Balaban J connectivity index is 2.35. The zero-order chi connectivity index (χ0) is 13.6. The lowest BCUT2D eigenvalue weighted by atomic mass is 10.00. The van der Waals surface area contributed by atoms with Crippen molar-refractivity contribution >= 4 is 21.7 Å². The lowest BCUT2D eigenvalue weighted by Gasteiger charge is -2.26. The molecule has 2 aromatic carbocycles. The molecule has 1 heterocycles. The van der Waals surface area contributed by atoms with Gasteiger partial charge in [-0.25, -0.2) is 0 Å². The second-order valence-corrected chi connectivity index (χ2v) is 6.10. The van der Waals surface area contributed by atoms with Crippen LogP contribution < -0.4 is 4.74 Å². The lowest BCUT2D eigenvalue weighted by Crippen LogP contribution is -2.19. The highest BCUT2D eigenvalue weighted by atomic mass is 35.5. The SMILES string of the molecule is O=S(=O)(O)C1c2ccccc2Oc2cccc(Cl)c21. The predicted octanol–water partition coefficient (Wildman–Crippen LogP) is 3.42. The van der Waals surface area contributed by atoms with Crippen LogP contribution in [-0.4, -0.2) is 13.0 Å². The van der Waals surface area contributed by atoms with Gasteiger partial charge in [-0.15, -0.1) is 0 Å². The highest BCUT2D eigenvalue weighted by Gasteiger charge is 2.37. The molecule has 6 heteroatoms. The van der Waals surface area contributed by atoms with Gasteiger partial charge in [-0.2, -0.15) is 8.42 Å². The van der Waals surface area contributed by atoms with Crippen LogP contribution in [0.15, 0.2) is 42.5 Å². The summed E-state index contributed by atoms with van der Waals surface area (Å²) in [5.41, 5.74) is 0.649. The van der Waals surface area contributed by atoms with E-state index in [0.29, 0.717) is 17.1 Å². The molecule has 4 nitrogen and oxygen atoms in total. The van der Waals surface area contributed by atoms with Crippen LogP contribution in [0, 0.1) is 0 Å². The highest BCUT2D eigenvalue weighted by Crippen LogP contribution is 2.48. The molecule has 1 aliphatic rings. The molecule has 0 saturated carbocycles. The smallest absolute Gasteiger partial charge is 0.276 e. The second kappa shape index (κ2) is 4.23. The Morgan fingerprint density at radius 2 is 1.74 bits per heavy atom. The molecule has 3 rings (SSSR count). The summed E-state index contributed by atoms with van der Waals surface area (Å²) in [6.45, 7) is 0. The Morgan fingerprint density at radius 3 is 2.47 bits per heavy atom. The van der Waals surface area contributed by atoms with Gasteiger partial charge in [0.25, 0.3) is 10.1 Å². The molecule has 98 valence electrons. The van der Waals surface area contributed by atoms with Gasteiger partial charge in [-0.05, 0) is 18.2 Å². The molecule has 2 aromatic rings. The zero-order valence-corrected chi connectivity index (χ0v) is 11.1. The first-order valence-corrected chi connectivity index (χ1v) is 7.38. The van der Waals surface area contributed by atoms with E-state index >= 15 is 0 Å². The van der Waals surface area contributed by atoms with Crippen LogP contribution in [0.1, 0.15) is 16.4 Å². The van der Waals surface area contributed by atoms with Gasteiger partial charge >= 0.3 is 0 Å². The van der Waals surface area contributed by atoms with Crippen LogP contribution in [0.2, 0.25) is 5.02 Å². The molecule has 1 atom stereocenters. The number of hydrogen-bond donors (Lipinski definition) is 1. The maximum Gasteiger partial charge on any atom is 0.276 e. The van der Waals surface area contributed by atoms with Crippen LogP contribution >= 0.6 is 11.6 Å². The van der Waals surface area contributed by atoms with Crippen molar-refractivity contribution in [2.45, 2.75) is 5.25 Å². The molecule has 1 aliphatic heterocycles. The molecule has 0 fully saturated rings. The Labute approximate surface area is 115 Å². The molecular formula is C13H9ClO4S. The second-order valence-electron chi connectivity index (χ2n) is 4.19. The first-order chi connectivity index (χ1) is 8.98. The maximum atomic E-state index is 11.7. The summed E-state index contributed by atoms with van der Waals surface area (Å²) in [5.74, 6) is 0.744. The van der Waals surface area contributed by atoms with Crippen molar-refractivity contribution < 1.29 is 17.7 Å². The number of halogens is 1. The van der Waals surface area contributed by atoms with Gasteiger partial charge in [-0.3, -0.25) is 4.55 Å². The van der Waals surface area contributed by atoms with Crippen LogP contribution in [0.25, 0.3) is 0 Å². The Morgan fingerprint density at radius 1 is 1.05 bits per heavy atom. The molecule has 0 aliphatic carbocycles. The van der Waals surface area contributed by atoms with Gasteiger partial charge in [-0.1, -0.05) is 35.9 Å². The number of ether oxygens (including phenoxy) is 1. The minimum Gasteiger partial charge on any atom is -0.457 e. The van der Waals surface area contributed by atoms with Crippen molar-refractivity contribution in [2.75, 3.05) is 0 Å². The number of benzene rings is 2. The van der Waals surface area contributed by atoms with Gasteiger partial charge in [0.2, 0.25) is 0 Å². The molecule has 0 aromatic heterocycles. The number of para-hydroxylation sites is 1. The standard InChI is InChI=1S/C13H9ClO4S/c14-9-5-3-7-11-12(9)13(19(15,16)17)8-4-1-2-6-10(8)18-11/h1-7,13H,(H,15,16,17). The minimum absolute atomic E-state index is 0.245. The number of hydrogen-bond acceptors (Lipinski definition) is 3. The summed E-state index contributed by atoms with van der Waals surface area (Å²) in [7, 11) is -4.34. The highest BCUT2D eigenvalue weighted by molar-refractivity contribution is 7.86. The molecule has 0 spiro atoms. The van der Waals surface area contributed by atoms with Crippen molar-refractivity contribution in [3.8, 4) is 11.5 Å². The molecule has 0 saturated heterocycles. The fourth-order valence-electron chi connectivity index (χ4n) is 2.23. The van der Waals surface area contributed by atoms with Gasteiger partial charge in [0.1, 0.15) is 16.7 Å². The maximum absolute atomic E-state index is 11.7. The van der Waals surface area contributed by atoms with Crippen molar-refractivity contribution in [1.82, 2.24) is 0 Å². The van der Waals surface area contributed by atoms with E-state index in [0.717, 1.165) is 0 Å². The quantitative estimate of drug-likeness (QED) is 0.819. The van der Waals surface area contributed by atoms with E-state index in [1.54, 1.807) is 42.5 Å². The summed E-state index contributed by atoms with van der Waals surface area (Å²) < 4.78 is 38.6.